The highest BCUT2D eigenvalue weighted by molar-refractivity contribution is 5.70. The Labute approximate surface area is 139 Å². The number of carbonyl (C=O) groups excluding carboxylic acids is 1. The molecule has 0 fully saturated rings. The standard InChI is InChI=1S/C18H16FNO4/c19-16-9-8-15(22-10-4-7-18(21)24-13-20)11-17(16)23-12-14-5-2-1-3-6-14/h1-3,5-6,8-9,11H,4,7,10,12H2. The van der Waals surface area contributed by atoms with Crippen LogP contribution in [-0.4, -0.2) is 12.6 Å². The summed E-state index contributed by atoms with van der Waals surface area (Å²) in [6.07, 6.45) is 1.78. The van der Waals surface area contributed by atoms with Crippen molar-refractivity contribution < 1.29 is 23.4 Å². The van der Waals surface area contributed by atoms with Crippen molar-refractivity contribution in [3.05, 3.63) is 59.9 Å². The lowest BCUT2D eigenvalue weighted by molar-refractivity contribution is -0.137. The second-order valence-electron chi connectivity index (χ2n) is 4.88. The largest absolute Gasteiger partial charge is 0.493 e. The Balaban J connectivity index is 1.84. The van der Waals surface area contributed by atoms with Gasteiger partial charge in [0.25, 0.3) is 6.26 Å². The third-order valence-electron chi connectivity index (χ3n) is 3.09. The number of carbonyl (C=O) groups is 1. The van der Waals surface area contributed by atoms with Gasteiger partial charge in [-0.15, -0.1) is 5.26 Å². The van der Waals surface area contributed by atoms with Crippen LogP contribution in [0.15, 0.2) is 48.5 Å². The maximum Gasteiger partial charge on any atom is 0.321 e. The van der Waals surface area contributed by atoms with Crippen LogP contribution in [0.1, 0.15) is 18.4 Å². The molecule has 0 saturated heterocycles. The highest BCUT2D eigenvalue weighted by atomic mass is 19.1. The zero-order valence-corrected chi connectivity index (χ0v) is 12.9. The van der Waals surface area contributed by atoms with Crippen molar-refractivity contribution in [2.24, 2.45) is 0 Å². The number of esters is 1. The summed E-state index contributed by atoms with van der Waals surface area (Å²) in [4.78, 5) is 11.0. The van der Waals surface area contributed by atoms with Gasteiger partial charge in [0, 0.05) is 12.5 Å². The van der Waals surface area contributed by atoms with Crippen LogP contribution in [0.5, 0.6) is 11.5 Å². The summed E-state index contributed by atoms with van der Waals surface area (Å²) in [5, 5.41) is 8.19. The number of rotatable bonds is 8. The van der Waals surface area contributed by atoms with E-state index in [1.54, 1.807) is 0 Å². The maximum atomic E-state index is 13.8. The first-order valence-electron chi connectivity index (χ1n) is 7.37. The number of hydrogen-bond acceptors (Lipinski definition) is 5. The van der Waals surface area contributed by atoms with E-state index in [9.17, 15) is 9.18 Å². The first-order valence-corrected chi connectivity index (χ1v) is 7.37. The summed E-state index contributed by atoms with van der Waals surface area (Å²) in [6, 6.07) is 13.6. The van der Waals surface area contributed by atoms with Crippen molar-refractivity contribution in [1.29, 1.82) is 5.26 Å². The van der Waals surface area contributed by atoms with E-state index in [2.05, 4.69) is 4.74 Å². The number of hydrogen-bond donors (Lipinski definition) is 0. The number of nitrogens with zero attached hydrogens (tertiary/aromatic N) is 1. The molecule has 24 heavy (non-hydrogen) atoms. The van der Waals surface area contributed by atoms with Gasteiger partial charge in [0.1, 0.15) is 12.4 Å². The maximum absolute atomic E-state index is 13.8. The van der Waals surface area contributed by atoms with E-state index in [1.807, 2.05) is 30.3 Å². The zero-order chi connectivity index (χ0) is 17.2. The minimum absolute atomic E-state index is 0.0755. The third-order valence-corrected chi connectivity index (χ3v) is 3.09. The number of benzene rings is 2. The molecule has 6 heteroatoms. The topological polar surface area (TPSA) is 68.5 Å². The molecular weight excluding hydrogens is 313 g/mol. The minimum Gasteiger partial charge on any atom is -0.493 e. The molecule has 2 aromatic carbocycles. The van der Waals surface area contributed by atoms with Gasteiger partial charge < -0.3 is 14.2 Å². The molecule has 124 valence electrons. The van der Waals surface area contributed by atoms with Crippen LogP contribution in [-0.2, 0) is 16.1 Å². The van der Waals surface area contributed by atoms with Crippen LogP contribution in [0.25, 0.3) is 0 Å². The number of halogens is 1. The fourth-order valence-corrected chi connectivity index (χ4v) is 1.93. The fourth-order valence-electron chi connectivity index (χ4n) is 1.93. The number of nitriles is 1. The molecule has 0 heterocycles. The molecule has 0 radical (unpaired) electrons. The van der Waals surface area contributed by atoms with Gasteiger partial charge >= 0.3 is 5.97 Å². The van der Waals surface area contributed by atoms with Crippen LogP contribution in [0.2, 0.25) is 0 Å². The normalized spacial score (nSPS) is 9.83. The second-order valence-corrected chi connectivity index (χ2v) is 4.88. The average molecular weight is 329 g/mol. The molecule has 0 spiro atoms. The molecule has 0 saturated carbocycles. The van der Waals surface area contributed by atoms with Crippen molar-refractivity contribution in [3.63, 3.8) is 0 Å². The summed E-state index contributed by atoms with van der Waals surface area (Å²) in [6.45, 7) is 0.492. The molecular formula is C18H16FNO4. The van der Waals surface area contributed by atoms with Gasteiger partial charge in [0.2, 0.25) is 0 Å². The van der Waals surface area contributed by atoms with Crippen molar-refractivity contribution >= 4 is 5.97 Å². The average Bonchev–Trinajstić information content (AvgIpc) is 2.60. The minimum atomic E-state index is -0.605. The summed E-state index contributed by atoms with van der Waals surface area (Å²) < 4.78 is 28.8. The zero-order valence-electron chi connectivity index (χ0n) is 12.9. The molecule has 0 N–H and O–H groups in total. The van der Waals surface area contributed by atoms with Gasteiger partial charge in [-0.25, -0.2) is 4.39 Å². The molecule has 0 bridgehead atoms. The van der Waals surface area contributed by atoms with Crippen molar-refractivity contribution in [2.45, 2.75) is 19.4 Å². The summed E-state index contributed by atoms with van der Waals surface area (Å²) >= 11 is 0. The molecule has 0 aliphatic carbocycles. The first-order chi connectivity index (χ1) is 11.7. The smallest absolute Gasteiger partial charge is 0.321 e. The predicted octanol–water partition coefficient (Wildman–Crippen LogP) is 3.59. The molecule has 5 nitrogen and oxygen atoms in total. The van der Waals surface area contributed by atoms with E-state index in [1.165, 1.54) is 24.5 Å². The van der Waals surface area contributed by atoms with E-state index in [4.69, 9.17) is 14.7 Å². The Morgan fingerprint density at radius 1 is 1.12 bits per heavy atom. The van der Waals surface area contributed by atoms with Gasteiger partial charge in [-0.05, 0) is 24.1 Å². The molecule has 2 aromatic rings. The third kappa shape index (κ3) is 5.61. The summed E-state index contributed by atoms with van der Waals surface area (Å²) in [5.74, 6) is -0.545. The Morgan fingerprint density at radius 3 is 2.67 bits per heavy atom. The molecule has 0 unspecified atom stereocenters. The highest BCUT2D eigenvalue weighted by Gasteiger charge is 2.07. The van der Waals surface area contributed by atoms with Gasteiger partial charge in [0.05, 0.1) is 6.61 Å². The van der Waals surface area contributed by atoms with E-state index in [0.29, 0.717) is 12.2 Å². The molecule has 0 atom stereocenters. The van der Waals surface area contributed by atoms with Crippen molar-refractivity contribution in [2.75, 3.05) is 6.61 Å². The second kappa shape index (κ2) is 9.16. The predicted molar refractivity (Wildman–Crippen MR) is 83.6 cm³/mol. The summed E-state index contributed by atoms with van der Waals surface area (Å²) in [7, 11) is 0. The number of ether oxygens (including phenoxy) is 3. The van der Waals surface area contributed by atoms with E-state index in [0.717, 1.165) is 5.56 Å². The van der Waals surface area contributed by atoms with Crippen LogP contribution in [0.3, 0.4) is 0 Å². The lowest BCUT2D eigenvalue weighted by atomic mass is 10.2. The quantitative estimate of drug-likeness (QED) is 0.420. The lowest BCUT2D eigenvalue weighted by Gasteiger charge is -2.10. The molecule has 0 aliphatic rings. The van der Waals surface area contributed by atoms with Gasteiger partial charge in [-0.2, -0.15) is 0 Å². The first kappa shape index (κ1) is 17.3. The van der Waals surface area contributed by atoms with Crippen LogP contribution in [0, 0.1) is 17.3 Å². The Bertz CT molecular complexity index is 713. The van der Waals surface area contributed by atoms with Crippen LogP contribution < -0.4 is 9.47 Å². The van der Waals surface area contributed by atoms with E-state index < -0.39 is 11.8 Å². The Kier molecular flexibility index (Phi) is 6.59. The molecule has 2 rings (SSSR count). The van der Waals surface area contributed by atoms with Crippen LogP contribution in [0.4, 0.5) is 4.39 Å². The Morgan fingerprint density at radius 2 is 1.92 bits per heavy atom. The SMILES string of the molecule is N#COC(=O)CCCOc1ccc(F)c(OCc2ccccc2)c1. The van der Waals surface area contributed by atoms with Gasteiger partial charge in [-0.3, -0.25) is 4.79 Å². The van der Waals surface area contributed by atoms with E-state index in [-0.39, 0.29) is 25.4 Å². The highest BCUT2D eigenvalue weighted by Crippen LogP contribution is 2.24. The lowest BCUT2D eigenvalue weighted by Crippen LogP contribution is -2.04. The van der Waals surface area contributed by atoms with E-state index >= 15 is 0 Å². The van der Waals surface area contributed by atoms with Gasteiger partial charge in [0.15, 0.2) is 11.6 Å². The summed E-state index contributed by atoms with van der Waals surface area (Å²) in [5.41, 5.74) is 0.930. The molecule has 0 amide bonds. The fraction of sp³-hybridized carbons (Fsp3) is 0.222. The monoisotopic (exact) mass is 329 g/mol. The Hall–Kier alpha value is -3.07. The van der Waals surface area contributed by atoms with Crippen molar-refractivity contribution in [1.82, 2.24) is 0 Å². The molecule has 0 aliphatic heterocycles. The van der Waals surface area contributed by atoms with Gasteiger partial charge in [-0.1, -0.05) is 30.3 Å². The van der Waals surface area contributed by atoms with Crippen molar-refractivity contribution in [3.8, 4) is 17.8 Å². The van der Waals surface area contributed by atoms with Crippen LogP contribution >= 0.6 is 0 Å². The molecule has 0 aromatic heterocycles.